The lowest BCUT2D eigenvalue weighted by Crippen LogP contribution is -2.37. The Balaban J connectivity index is 1.58. The molecule has 158 valence electrons. The van der Waals surface area contributed by atoms with E-state index in [1.165, 1.54) is 12.1 Å². The molecule has 1 amide bonds. The smallest absolute Gasteiger partial charge is 0.291 e. The number of rotatable bonds is 9. The highest BCUT2D eigenvalue weighted by Crippen LogP contribution is 2.14. The highest BCUT2D eigenvalue weighted by Gasteiger charge is 2.18. The zero-order valence-corrected chi connectivity index (χ0v) is 17.1. The number of nitrogens with zero attached hydrogens (tertiary/aromatic N) is 5. The molecule has 0 bridgehead atoms. The Labute approximate surface area is 173 Å². The normalized spacial score (nSPS) is 11.9. The minimum Gasteiger partial charge on any atom is -0.363 e. The molecule has 9 nitrogen and oxygen atoms in total. The van der Waals surface area contributed by atoms with Gasteiger partial charge in [-0.2, -0.15) is 5.10 Å². The van der Waals surface area contributed by atoms with Crippen molar-refractivity contribution in [2.45, 2.75) is 32.4 Å². The number of hydrogen-bond acceptors (Lipinski definition) is 6. The number of aromatic nitrogens is 5. The molecular formula is C20H24FN7O2. The molecule has 1 aromatic carbocycles. The van der Waals surface area contributed by atoms with Crippen LogP contribution < -0.4 is 10.2 Å². The number of carbonyl (C=O) groups is 2. The molecule has 3 rings (SSSR count). The Kier molecular flexibility index (Phi) is 6.55. The Hall–Kier alpha value is -3.56. The van der Waals surface area contributed by atoms with Gasteiger partial charge in [-0.1, -0.05) is 12.1 Å². The lowest BCUT2D eigenvalue weighted by Gasteiger charge is -2.16. The van der Waals surface area contributed by atoms with Gasteiger partial charge in [0.2, 0.25) is 5.82 Å². The van der Waals surface area contributed by atoms with E-state index in [2.05, 4.69) is 25.6 Å². The summed E-state index contributed by atoms with van der Waals surface area (Å²) in [6.45, 7) is 2.37. The number of carbonyl (C=O) groups excluding carboxylic acids is 2. The molecule has 1 unspecified atom stereocenters. The summed E-state index contributed by atoms with van der Waals surface area (Å²) in [5.41, 5.74) is 1.70. The quantitative estimate of drug-likeness (QED) is 0.515. The van der Waals surface area contributed by atoms with Crippen LogP contribution in [0.25, 0.3) is 0 Å². The first-order chi connectivity index (χ1) is 14.4. The molecule has 0 radical (unpaired) electrons. The number of hydrogen-bond donors (Lipinski definition) is 2. The van der Waals surface area contributed by atoms with Crippen molar-refractivity contribution < 1.29 is 14.0 Å². The number of aldehydes is 1. The van der Waals surface area contributed by atoms with Crippen LogP contribution in [0, 0.1) is 12.7 Å². The maximum atomic E-state index is 13.0. The number of aryl methyl sites for hydroxylation is 2. The fourth-order valence-electron chi connectivity index (χ4n) is 3.00. The minimum absolute atomic E-state index is 0.0529. The maximum Gasteiger partial charge on any atom is 0.291 e. The van der Waals surface area contributed by atoms with E-state index in [9.17, 15) is 14.0 Å². The molecule has 0 aliphatic heterocycles. The molecule has 2 aromatic heterocycles. The van der Waals surface area contributed by atoms with Crippen LogP contribution in [0.5, 0.6) is 0 Å². The average Bonchev–Trinajstić information content (AvgIpc) is 3.33. The van der Waals surface area contributed by atoms with Gasteiger partial charge in [-0.05, 0) is 31.0 Å². The highest BCUT2D eigenvalue weighted by atomic mass is 19.1. The van der Waals surface area contributed by atoms with E-state index in [1.807, 2.05) is 32.0 Å². The molecular weight excluding hydrogens is 389 g/mol. The van der Waals surface area contributed by atoms with Gasteiger partial charge in [0.05, 0.1) is 11.7 Å². The van der Waals surface area contributed by atoms with E-state index < -0.39 is 11.9 Å². The van der Waals surface area contributed by atoms with Crippen molar-refractivity contribution >= 4 is 18.0 Å². The lowest BCUT2D eigenvalue weighted by atomic mass is 10.1. The molecule has 0 aliphatic carbocycles. The third-order valence-corrected chi connectivity index (χ3v) is 4.49. The third kappa shape index (κ3) is 5.28. The second-order valence-electron chi connectivity index (χ2n) is 7.18. The van der Waals surface area contributed by atoms with Gasteiger partial charge in [-0.3, -0.25) is 9.89 Å². The van der Waals surface area contributed by atoms with Crippen molar-refractivity contribution in [2.75, 3.05) is 19.0 Å². The van der Waals surface area contributed by atoms with Crippen LogP contribution in [-0.4, -0.2) is 57.3 Å². The van der Waals surface area contributed by atoms with E-state index in [1.54, 1.807) is 16.8 Å². The van der Waals surface area contributed by atoms with E-state index in [-0.39, 0.29) is 11.6 Å². The first kappa shape index (κ1) is 21.2. The highest BCUT2D eigenvalue weighted by molar-refractivity contribution is 5.92. The molecule has 1 atom stereocenters. The largest absolute Gasteiger partial charge is 0.363 e. The van der Waals surface area contributed by atoms with Crippen LogP contribution in [-0.2, 0) is 17.8 Å². The summed E-state index contributed by atoms with van der Waals surface area (Å²) in [4.78, 5) is 30.0. The summed E-state index contributed by atoms with van der Waals surface area (Å²) in [6.07, 6.45) is 1.45. The van der Waals surface area contributed by atoms with Crippen LogP contribution in [0.4, 0.5) is 10.2 Å². The van der Waals surface area contributed by atoms with Gasteiger partial charge < -0.3 is 15.0 Å². The molecule has 0 aliphatic rings. The summed E-state index contributed by atoms with van der Waals surface area (Å²) < 4.78 is 14.8. The number of nitrogens with one attached hydrogen (secondary N) is 2. The maximum absolute atomic E-state index is 13.0. The van der Waals surface area contributed by atoms with Crippen LogP contribution in [0.15, 0.2) is 30.3 Å². The predicted molar refractivity (Wildman–Crippen MR) is 109 cm³/mol. The van der Waals surface area contributed by atoms with Crippen molar-refractivity contribution in [3.8, 4) is 0 Å². The van der Waals surface area contributed by atoms with Crippen LogP contribution in [0.2, 0.25) is 0 Å². The number of anilines is 1. The molecule has 10 heteroatoms. The zero-order valence-electron chi connectivity index (χ0n) is 17.1. The summed E-state index contributed by atoms with van der Waals surface area (Å²) in [5.74, 6) is 0.472. The average molecular weight is 413 g/mol. The number of benzene rings is 1. The molecule has 3 aromatic rings. The topological polar surface area (TPSA) is 109 Å². The van der Waals surface area contributed by atoms with Crippen molar-refractivity contribution in [1.82, 2.24) is 30.3 Å². The molecule has 0 saturated heterocycles. The van der Waals surface area contributed by atoms with E-state index >= 15 is 0 Å². The zero-order chi connectivity index (χ0) is 21.7. The first-order valence-electron chi connectivity index (χ1n) is 9.49. The van der Waals surface area contributed by atoms with Crippen molar-refractivity contribution in [2.24, 2.45) is 0 Å². The van der Waals surface area contributed by atoms with E-state index in [0.29, 0.717) is 31.5 Å². The second-order valence-corrected chi connectivity index (χ2v) is 7.18. The monoisotopic (exact) mass is 413 g/mol. The summed E-state index contributed by atoms with van der Waals surface area (Å²) in [6, 6.07) is 7.24. The van der Waals surface area contributed by atoms with Gasteiger partial charge >= 0.3 is 0 Å². The van der Waals surface area contributed by atoms with E-state index in [0.717, 1.165) is 17.1 Å². The fraction of sp³-hybridized carbons (Fsp3) is 0.350. The Bertz CT molecular complexity index is 1010. The number of H-pyrrole nitrogens is 1. The van der Waals surface area contributed by atoms with E-state index in [4.69, 9.17) is 0 Å². The van der Waals surface area contributed by atoms with Gasteiger partial charge in [-0.15, -0.1) is 5.10 Å². The second kappa shape index (κ2) is 9.29. The molecule has 0 saturated carbocycles. The van der Waals surface area contributed by atoms with Crippen molar-refractivity contribution in [3.63, 3.8) is 0 Å². The minimum atomic E-state index is -0.698. The fourth-order valence-corrected chi connectivity index (χ4v) is 3.00. The van der Waals surface area contributed by atoms with Crippen LogP contribution >= 0.6 is 0 Å². The van der Waals surface area contributed by atoms with Crippen molar-refractivity contribution in [3.05, 3.63) is 59.1 Å². The molecule has 2 N–H and O–H groups in total. The van der Waals surface area contributed by atoms with Crippen molar-refractivity contribution in [1.29, 1.82) is 0 Å². The standard InChI is InChI=1S/C20H24FN7O2/c1-13-10-18(27(2)3)28(26-13)9-8-16(12-29)22-20(30)19-23-17(24-25-19)11-14-4-6-15(21)7-5-14/h4-7,10,12,16H,8-9,11H2,1-3H3,(H,22,30)(H,23,24,25). The molecule has 0 spiro atoms. The van der Waals surface area contributed by atoms with Gasteiger partial charge in [0, 0.05) is 33.1 Å². The Morgan fingerprint density at radius 1 is 1.33 bits per heavy atom. The van der Waals surface area contributed by atoms with Crippen LogP contribution in [0.1, 0.15) is 34.1 Å². The van der Waals surface area contributed by atoms with Gasteiger partial charge in [0.15, 0.2) is 0 Å². The summed E-state index contributed by atoms with van der Waals surface area (Å²) >= 11 is 0. The SMILES string of the molecule is Cc1cc(N(C)C)n(CCC(C=O)NC(=O)c2n[nH]c(Cc3ccc(F)cc3)n2)n1. The summed E-state index contributed by atoms with van der Waals surface area (Å²) in [7, 11) is 3.83. The first-order valence-corrected chi connectivity index (χ1v) is 9.49. The van der Waals surface area contributed by atoms with Crippen LogP contribution in [0.3, 0.4) is 0 Å². The Morgan fingerprint density at radius 2 is 2.07 bits per heavy atom. The predicted octanol–water partition coefficient (Wildman–Crippen LogP) is 1.49. The lowest BCUT2D eigenvalue weighted by molar-refractivity contribution is -0.109. The number of halogens is 1. The number of aromatic amines is 1. The van der Waals surface area contributed by atoms with Gasteiger partial charge in [0.25, 0.3) is 5.91 Å². The number of amides is 1. The Morgan fingerprint density at radius 3 is 2.73 bits per heavy atom. The molecule has 0 fully saturated rings. The van der Waals surface area contributed by atoms with Gasteiger partial charge in [0.1, 0.15) is 23.7 Å². The third-order valence-electron chi connectivity index (χ3n) is 4.49. The van der Waals surface area contributed by atoms with Gasteiger partial charge in [-0.25, -0.2) is 14.1 Å². The molecule has 30 heavy (non-hydrogen) atoms. The summed E-state index contributed by atoms with van der Waals surface area (Å²) in [5, 5.41) is 13.7. The molecule has 2 heterocycles.